The molecule has 6 N–H and O–H groups in total. The van der Waals surface area contributed by atoms with Gasteiger partial charge in [0.1, 0.15) is 37.4 Å². The summed E-state index contributed by atoms with van der Waals surface area (Å²) in [7, 11) is -7.94. The third-order valence-electron chi connectivity index (χ3n) is 16.4. The number of para-hydroxylation sites is 2. The van der Waals surface area contributed by atoms with Crippen molar-refractivity contribution in [1.29, 1.82) is 0 Å². The fraction of sp³-hybridized carbons (Fsp3) is 0.559. The van der Waals surface area contributed by atoms with Crippen LogP contribution in [0.4, 0.5) is 11.9 Å². The van der Waals surface area contributed by atoms with Crippen LogP contribution < -0.4 is 31.6 Å². The number of hydrogen-bond acceptors (Lipinski definition) is 22. The molecule has 2 unspecified atom stereocenters. The van der Waals surface area contributed by atoms with Crippen LogP contribution in [0.1, 0.15) is 147 Å². The molecule has 2 saturated carbocycles. The van der Waals surface area contributed by atoms with Crippen molar-refractivity contribution in [1.82, 2.24) is 39.0 Å². The predicted octanol–water partition coefficient (Wildman–Crippen LogP) is 12.4. The molecule has 26 nitrogen and oxygen atoms in total. The Morgan fingerprint density at radius 1 is 0.562 bits per heavy atom. The Morgan fingerprint density at radius 3 is 1.23 bits per heavy atom. The number of rotatable bonds is 34. The lowest BCUT2D eigenvalue weighted by Gasteiger charge is -2.25. The number of esters is 4. The highest BCUT2D eigenvalue weighted by atomic mass is 31.2. The van der Waals surface area contributed by atoms with Crippen molar-refractivity contribution in [2.24, 2.45) is 45.3 Å². The van der Waals surface area contributed by atoms with Crippen molar-refractivity contribution < 1.29 is 65.4 Å². The van der Waals surface area contributed by atoms with Crippen LogP contribution in [0.3, 0.4) is 0 Å². The van der Waals surface area contributed by atoms with Crippen molar-refractivity contribution in [3.63, 3.8) is 0 Å². The van der Waals surface area contributed by atoms with Gasteiger partial charge in [-0.25, -0.2) is 19.1 Å². The number of anilines is 2. The molecule has 0 amide bonds. The molecule has 0 spiro atoms. The number of fused-ring (bicyclic) bond motifs is 2. The molecule has 4 aromatic heterocycles. The van der Waals surface area contributed by atoms with Gasteiger partial charge in [-0.2, -0.15) is 9.97 Å². The molecule has 2 aliphatic rings. The first kappa shape index (κ1) is 75.5. The molecule has 0 radical (unpaired) electrons. The fourth-order valence-electron chi connectivity index (χ4n) is 10.6. The van der Waals surface area contributed by atoms with Crippen molar-refractivity contribution in [2.75, 3.05) is 63.4 Å². The highest BCUT2D eigenvalue weighted by Crippen LogP contribution is 2.60. The summed E-state index contributed by atoms with van der Waals surface area (Å²) in [5, 5.41) is 0. The lowest BCUT2D eigenvalue weighted by Crippen LogP contribution is -2.28. The second-order valence-electron chi connectivity index (χ2n) is 27.3. The molecule has 0 bridgehead atoms. The monoisotopic (exact) mass is 1370 g/mol. The molecule has 0 aliphatic heterocycles. The van der Waals surface area contributed by atoms with Gasteiger partial charge in [-0.05, 0) is 127 Å². The lowest BCUT2D eigenvalue weighted by atomic mass is 9.97. The number of imidazole rings is 2. The van der Waals surface area contributed by atoms with E-state index in [1.54, 1.807) is 138 Å². The largest absolute Gasteiger partial charge is 0.465 e. The topological polar surface area (TPSA) is 355 Å². The third-order valence-corrected chi connectivity index (χ3v) is 20.4. The summed E-state index contributed by atoms with van der Waals surface area (Å²) in [4.78, 5) is 97.9. The molecule has 28 heteroatoms. The first-order valence-electron chi connectivity index (χ1n) is 32.9. The van der Waals surface area contributed by atoms with Gasteiger partial charge in [-0.15, -0.1) is 0 Å². The molecular formula is C68H96N10O16P2. The number of nitrogens with two attached hydrogens (primary N) is 2. The smallest absolute Gasteiger partial charge is 0.380 e. The number of ether oxygens (including phenoxy) is 4. The Labute approximate surface area is 560 Å². The van der Waals surface area contributed by atoms with Crippen LogP contribution >= 0.6 is 15.2 Å². The van der Waals surface area contributed by atoms with E-state index in [1.807, 2.05) is 0 Å². The first-order valence-corrected chi connectivity index (χ1v) is 36.3. The zero-order chi connectivity index (χ0) is 70.2. The van der Waals surface area contributed by atoms with Gasteiger partial charge in [0.15, 0.2) is 22.3 Å². The van der Waals surface area contributed by atoms with E-state index >= 15 is 0 Å². The van der Waals surface area contributed by atoms with E-state index in [0.717, 1.165) is 62.5 Å². The van der Waals surface area contributed by atoms with E-state index in [2.05, 4.69) is 57.6 Å². The molecular weight excluding hydrogens is 1270 g/mol. The van der Waals surface area contributed by atoms with Gasteiger partial charge in [0.05, 0.1) is 72.2 Å². The van der Waals surface area contributed by atoms with Gasteiger partial charge in [0.25, 0.3) is 11.1 Å². The standard InChI is InChI=1S/2C34H48N5O8P/c2*1-7-12-24(13-8-2)18-44-30(41)23(3)19-48(43,47-26-14-10-9-11-15-26)46-21-34(20-45-31(42)33(4,5)6)16-25(34)17-39-22-36-27-28(39)37-32(35)38-29(27)40/h2*9-11,14-15,17,22-24H,7-8,12-13,16,18-21H2,1-6H3,(H3,35,37,38,40)/b2*25-17-/t2*23-,34?,48+/m11/s1. The van der Waals surface area contributed by atoms with Gasteiger partial charge >= 0.3 is 39.1 Å². The minimum atomic E-state index is -3.97. The predicted molar refractivity (Wildman–Crippen MR) is 366 cm³/mol. The Hall–Kier alpha value is -7.92. The molecule has 4 heterocycles. The van der Waals surface area contributed by atoms with Crippen molar-refractivity contribution in [3.8, 4) is 11.5 Å². The Bertz CT molecular complexity index is 3670. The average Bonchev–Trinajstić information content (AvgIpc) is 1.60. The summed E-state index contributed by atoms with van der Waals surface area (Å²) in [5.74, 6) is -2.25. The number of hydrogen-bond donors (Lipinski definition) is 4. The number of carbonyl (C=O) groups is 4. The minimum absolute atomic E-state index is 0.0586. The van der Waals surface area contributed by atoms with Gasteiger partial charge < -0.3 is 39.5 Å². The molecule has 96 heavy (non-hydrogen) atoms. The number of nitrogen functional groups attached to an aromatic ring is 2. The SMILES string of the molecule is CCCC(CCC)COC(=O)[C@H](C)C[P@](=O)(OCC1(COC(=O)C(C)(C)C)C/C1=C/n1cnc2c(=O)[nH]c(N)nc21)Oc1ccccc1.CCCC(CCC)COC(=O)[C@H](C)C[P@](=O)(OCC1(COC(=O)C(C)(C)C)C/C1=C/n1cnc2c(=O)[nH]c(N)nc21)Oc1ccccc1. The minimum Gasteiger partial charge on any atom is -0.465 e. The molecule has 2 aliphatic carbocycles. The summed E-state index contributed by atoms with van der Waals surface area (Å²) >= 11 is 0. The van der Waals surface area contributed by atoms with Crippen LogP contribution in [0.15, 0.2) is 94.1 Å². The van der Waals surface area contributed by atoms with E-state index in [-0.39, 0.29) is 84.8 Å². The molecule has 2 aromatic carbocycles. The summed E-state index contributed by atoms with van der Waals surface area (Å²) < 4.78 is 79.0. The van der Waals surface area contributed by atoms with Crippen LogP contribution in [-0.4, -0.2) is 115 Å². The number of H-pyrrole nitrogens is 2. The molecule has 2 fully saturated rings. The molecule has 6 atom stereocenters. The molecule has 6 aromatic rings. The van der Waals surface area contributed by atoms with Gasteiger partial charge in [0.2, 0.25) is 11.9 Å². The summed E-state index contributed by atoms with van der Waals surface area (Å²) in [6.45, 7) is 22.4. The Balaban J connectivity index is 0.000000271. The van der Waals surface area contributed by atoms with E-state index in [4.69, 9.17) is 48.5 Å². The zero-order valence-electron chi connectivity index (χ0n) is 57.4. The Kier molecular flexibility index (Phi) is 25.8. The molecule has 0 saturated heterocycles. The number of aromatic nitrogens is 8. The highest BCUT2D eigenvalue weighted by molar-refractivity contribution is 7.54. The van der Waals surface area contributed by atoms with Crippen LogP contribution in [0.5, 0.6) is 11.5 Å². The van der Waals surface area contributed by atoms with E-state index in [1.165, 1.54) is 12.7 Å². The first-order chi connectivity index (χ1) is 45.4. The van der Waals surface area contributed by atoms with Gasteiger partial charge in [0, 0.05) is 12.4 Å². The van der Waals surface area contributed by atoms with Crippen LogP contribution in [0, 0.1) is 45.3 Å². The maximum atomic E-state index is 14.4. The number of aromatic amines is 2. The van der Waals surface area contributed by atoms with E-state index in [9.17, 15) is 37.9 Å². The van der Waals surface area contributed by atoms with Gasteiger partial charge in [-0.3, -0.25) is 56.9 Å². The number of nitrogens with one attached hydrogen (secondary N) is 2. The van der Waals surface area contributed by atoms with Crippen molar-refractivity contribution in [2.45, 2.75) is 147 Å². The highest BCUT2D eigenvalue weighted by Gasteiger charge is 2.54. The van der Waals surface area contributed by atoms with E-state index < -0.39 is 83.7 Å². The van der Waals surface area contributed by atoms with Crippen molar-refractivity contribution in [3.05, 3.63) is 105 Å². The van der Waals surface area contributed by atoms with Crippen LogP contribution in [0.2, 0.25) is 0 Å². The van der Waals surface area contributed by atoms with Crippen molar-refractivity contribution >= 4 is 85.7 Å². The normalized spacial score (nSPS) is 18.9. The summed E-state index contributed by atoms with van der Waals surface area (Å²) in [6.07, 6.45) is 14.5. The molecule has 8 rings (SSSR count). The van der Waals surface area contributed by atoms with E-state index in [0.29, 0.717) is 37.6 Å². The molecule has 524 valence electrons. The quantitative estimate of drug-likeness (QED) is 0.0166. The maximum absolute atomic E-state index is 14.4. The third kappa shape index (κ3) is 21.0. The zero-order valence-corrected chi connectivity index (χ0v) is 59.2. The van der Waals surface area contributed by atoms with Gasteiger partial charge in [-0.1, -0.05) is 104 Å². The Morgan fingerprint density at radius 2 is 0.906 bits per heavy atom. The lowest BCUT2D eigenvalue weighted by molar-refractivity contribution is -0.155. The maximum Gasteiger partial charge on any atom is 0.380 e. The fourth-order valence-corrected chi connectivity index (χ4v) is 14.5. The number of nitrogens with zero attached hydrogens (tertiary/aromatic N) is 6. The second kappa shape index (κ2) is 32.9. The summed E-state index contributed by atoms with van der Waals surface area (Å²) in [6, 6.07) is 17.2. The average molecular weight is 1370 g/mol. The van der Waals surface area contributed by atoms with Crippen LogP contribution in [0.25, 0.3) is 34.7 Å². The number of benzene rings is 2. The second-order valence-corrected chi connectivity index (χ2v) is 31.4. The van der Waals surface area contributed by atoms with Crippen LogP contribution in [-0.2, 0) is 56.3 Å². The summed E-state index contributed by atoms with van der Waals surface area (Å²) in [5.41, 5.74) is 9.65. The number of carbonyl (C=O) groups excluding carboxylic acids is 4.